The molecule has 0 fully saturated rings. The Morgan fingerprint density at radius 1 is 1.32 bits per heavy atom. The fraction of sp³-hybridized carbons (Fsp3) is 0.417. The van der Waals surface area contributed by atoms with E-state index in [1.807, 2.05) is 5.32 Å². The maximum absolute atomic E-state index is 11.9. The molecule has 106 valence electrons. The van der Waals surface area contributed by atoms with Crippen molar-refractivity contribution in [2.45, 2.75) is 25.7 Å². The zero-order chi connectivity index (χ0) is 14.5. The summed E-state index contributed by atoms with van der Waals surface area (Å²) in [4.78, 5) is 11.4. The summed E-state index contributed by atoms with van der Waals surface area (Å²) >= 11 is 5.72. The fourth-order valence-corrected chi connectivity index (χ4v) is 1.43. The molecule has 2 N–H and O–H groups in total. The Morgan fingerprint density at radius 2 is 1.89 bits per heavy atom. The molecule has 0 aliphatic rings. The summed E-state index contributed by atoms with van der Waals surface area (Å²) in [6.45, 7) is 0.554. The molecular formula is C12H14ClF3N2O. The van der Waals surface area contributed by atoms with Gasteiger partial charge in [-0.3, -0.25) is 4.79 Å². The van der Waals surface area contributed by atoms with Crippen molar-refractivity contribution >= 4 is 17.5 Å². The first kappa shape index (κ1) is 15.8. The van der Waals surface area contributed by atoms with Crippen molar-refractivity contribution in [2.24, 2.45) is 0 Å². The van der Waals surface area contributed by atoms with E-state index in [4.69, 9.17) is 11.6 Å². The van der Waals surface area contributed by atoms with Crippen LogP contribution < -0.4 is 10.6 Å². The first-order valence-electron chi connectivity index (χ1n) is 5.60. The number of hydrogen-bond donors (Lipinski definition) is 2. The molecule has 0 saturated carbocycles. The number of hydrogen-bond acceptors (Lipinski definition) is 2. The van der Waals surface area contributed by atoms with Crippen molar-refractivity contribution in [3.05, 3.63) is 34.9 Å². The zero-order valence-electron chi connectivity index (χ0n) is 10.2. The van der Waals surface area contributed by atoms with Crippen molar-refractivity contribution in [1.29, 1.82) is 0 Å². The number of halogens is 4. The lowest BCUT2D eigenvalue weighted by Gasteiger charge is -2.15. The van der Waals surface area contributed by atoms with Crippen LogP contribution in [0.3, 0.4) is 0 Å². The lowest BCUT2D eigenvalue weighted by Crippen LogP contribution is -2.44. The number of carbonyl (C=O) groups excluding carboxylic acids is 1. The average molecular weight is 295 g/mol. The van der Waals surface area contributed by atoms with E-state index in [9.17, 15) is 18.0 Å². The van der Waals surface area contributed by atoms with Crippen LogP contribution in [0, 0.1) is 0 Å². The third kappa shape index (κ3) is 6.45. The van der Waals surface area contributed by atoms with Gasteiger partial charge in [-0.05, 0) is 24.6 Å². The van der Waals surface area contributed by atoms with Crippen LogP contribution in [0.4, 0.5) is 13.2 Å². The Hall–Kier alpha value is -1.27. The minimum atomic E-state index is -4.40. The van der Waals surface area contributed by atoms with Gasteiger partial charge < -0.3 is 10.6 Å². The Bertz CT molecular complexity index is 420. The van der Waals surface area contributed by atoms with Gasteiger partial charge in [-0.15, -0.1) is 0 Å². The summed E-state index contributed by atoms with van der Waals surface area (Å²) in [5.74, 6) is -0.689. The molecule has 1 aromatic carbocycles. The predicted octanol–water partition coefficient (Wildman–Crippen LogP) is 2.50. The minimum Gasteiger partial charge on any atom is -0.346 e. The second-order valence-corrected chi connectivity index (χ2v) is 4.50. The van der Waals surface area contributed by atoms with Gasteiger partial charge in [0.05, 0.1) is 6.04 Å². The van der Waals surface area contributed by atoms with Crippen LogP contribution in [0.1, 0.15) is 12.5 Å². The summed E-state index contributed by atoms with van der Waals surface area (Å²) in [6, 6.07) is 6.24. The quantitative estimate of drug-likeness (QED) is 0.876. The van der Waals surface area contributed by atoms with Gasteiger partial charge in [0.2, 0.25) is 5.91 Å². The van der Waals surface area contributed by atoms with Crippen molar-refractivity contribution in [2.75, 3.05) is 6.54 Å². The van der Waals surface area contributed by atoms with E-state index in [0.717, 1.165) is 5.56 Å². The van der Waals surface area contributed by atoms with Gasteiger partial charge in [0.25, 0.3) is 0 Å². The number of nitrogens with one attached hydrogen (secondary N) is 2. The molecule has 0 saturated heterocycles. The molecule has 0 bridgehead atoms. The molecular weight excluding hydrogens is 281 g/mol. The summed E-state index contributed by atoms with van der Waals surface area (Å²) in [5, 5.41) is 5.25. The molecule has 1 aromatic rings. The molecule has 0 spiro atoms. The van der Waals surface area contributed by atoms with E-state index in [2.05, 4.69) is 5.32 Å². The number of amides is 1. The van der Waals surface area contributed by atoms with Gasteiger partial charge in [-0.1, -0.05) is 23.7 Å². The first-order chi connectivity index (χ1) is 8.78. The van der Waals surface area contributed by atoms with Crippen molar-refractivity contribution < 1.29 is 18.0 Å². The van der Waals surface area contributed by atoms with E-state index < -0.39 is 24.7 Å². The van der Waals surface area contributed by atoms with Gasteiger partial charge in [-0.2, -0.15) is 13.2 Å². The summed E-state index contributed by atoms with van der Waals surface area (Å²) in [5.41, 5.74) is 0.889. The third-order valence-electron chi connectivity index (χ3n) is 2.38. The smallest absolute Gasteiger partial charge is 0.346 e. The number of alkyl halides is 3. The van der Waals surface area contributed by atoms with Crippen LogP contribution in [0.15, 0.2) is 24.3 Å². The molecule has 0 heterocycles. The van der Waals surface area contributed by atoms with Crippen molar-refractivity contribution in [1.82, 2.24) is 10.6 Å². The molecule has 0 aliphatic heterocycles. The lowest BCUT2D eigenvalue weighted by molar-refractivity contribution is -0.139. The van der Waals surface area contributed by atoms with E-state index in [1.165, 1.54) is 6.92 Å². The van der Waals surface area contributed by atoms with Gasteiger partial charge in [-0.25, -0.2) is 0 Å². The van der Waals surface area contributed by atoms with Gasteiger partial charge in [0, 0.05) is 11.6 Å². The Balaban J connectivity index is 2.36. The van der Waals surface area contributed by atoms with Crippen molar-refractivity contribution in [3.63, 3.8) is 0 Å². The number of rotatable bonds is 5. The molecule has 0 radical (unpaired) electrons. The predicted molar refractivity (Wildman–Crippen MR) is 66.8 cm³/mol. The zero-order valence-corrected chi connectivity index (χ0v) is 11.0. The highest BCUT2D eigenvalue weighted by Crippen LogP contribution is 2.12. The average Bonchev–Trinajstić information content (AvgIpc) is 2.34. The highest BCUT2D eigenvalue weighted by atomic mass is 35.5. The highest BCUT2D eigenvalue weighted by molar-refractivity contribution is 6.30. The first-order valence-corrected chi connectivity index (χ1v) is 5.98. The van der Waals surface area contributed by atoms with Crippen LogP contribution in [0.2, 0.25) is 5.02 Å². The Kier molecular flexibility index (Phi) is 5.62. The van der Waals surface area contributed by atoms with Crippen LogP contribution in [-0.4, -0.2) is 24.7 Å². The highest BCUT2D eigenvalue weighted by Gasteiger charge is 2.28. The molecule has 0 aliphatic carbocycles. The topological polar surface area (TPSA) is 41.1 Å². The maximum Gasteiger partial charge on any atom is 0.405 e. The summed E-state index contributed by atoms with van der Waals surface area (Å²) in [7, 11) is 0. The second-order valence-electron chi connectivity index (χ2n) is 4.06. The second kappa shape index (κ2) is 6.77. The molecule has 1 atom stereocenters. The van der Waals surface area contributed by atoms with E-state index in [0.29, 0.717) is 11.6 Å². The van der Waals surface area contributed by atoms with Crippen LogP contribution >= 0.6 is 11.6 Å². The minimum absolute atomic E-state index is 0.373. The summed E-state index contributed by atoms with van der Waals surface area (Å²) < 4.78 is 35.8. The third-order valence-corrected chi connectivity index (χ3v) is 2.63. The Morgan fingerprint density at radius 3 is 2.42 bits per heavy atom. The normalized spacial score (nSPS) is 13.1. The standard InChI is InChI=1S/C12H14ClF3N2O/c1-8(11(19)18-7-12(14,15)16)17-6-9-2-4-10(13)5-3-9/h2-5,8,17H,6-7H2,1H3,(H,18,19). The molecule has 19 heavy (non-hydrogen) atoms. The number of carbonyl (C=O) groups is 1. The maximum atomic E-state index is 11.9. The van der Waals surface area contributed by atoms with Gasteiger partial charge in [0.1, 0.15) is 6.54 Å². The fourth-order valence-electron chi connectivity index (χ4n) is 1.31. The van der Waals surface area contributed by atoms with Gasteiger partial charge in [0.15, 0.2) is 0 Å². The van der Waals surface area contributed by atoms with Crippen molar-refractivity contribution in [3.8, 4) is 0 Å². The molecule has 0 aromatic heterocycles. The monoisotopic (exact) mass is 294 g/mol. The van der Waals surface area contributed by atoms with Crippen LogP contribution in [0.25, 0.3) is 0 Å². The number of benzene rings is 1. The van der Waals surface area contributed by atoms with E-state index in [1.54, 1.807) is 24.3 Å². The molecule has 1 unspecified atom stereocenters. The summed E-state index contributed by atoms with van der Waals surface area (Å²) in [6.07, 6.45) is -4.40. The molecule has 7 heteroatoms. The largest absolute Gasteiger partial charge is 0.405 e. The SMILES string of the molecule is CC(NCc1ccc(Cl)cc1)C(=O)NCC(F)(F)F. The molecule has 3 nitrogen and oxygen atoms in total. The van der Waals surface area contributed by atoms with Crippen LogP contribution in [-0.2, 0) is 11.3 Å². The van der Waals surface area contributed by atoms with E-state index >= 15 is 0 Å². The van der Waals surface area contributed by atoms with E-state index in [-0.39, 0.29) is 0 Å². The van der Waals surface area contributed by atoms with Crippen LogP contribution in [0.5, 0.6) is 0 Å². The van der Waals surface area contributed by atoms with Gasteiger partial charge >= 0.3 is 6.18 Å². The molecule has 1 amide bonds. The molecule has 1 rings (SSSR count). The Labute approximate surface area is 114 Å². The lowest BCUT2D eigenvalue weighted by atomic mass is 10.2.